The van der Waals surface area contributed by atoms with E-state index < -0.39 is 19.3 Å². The van der Waals surface area contributed by atoms with Gasteiger partial charge in [-0.15, -0.1) is 11.3 Å². The molecule has 0 bridgehead atoms. The van der Waals surface area contributed by atoms with Gasteiger partial charge in [-0.25, -0.2) is 13.9 Å². The minimum atomic E-state index is -4.85. The molecule has 2 heterocycles. The second-order valence-electron chi connectivity index (χ2n) is 4.52. The Bertz CT molecular complexity index is 1030. The SMILES string of the molecule is N#Cc1csc(C(=O)c2cn(P(=O)(O)O)c3c(F)cccc23)n1. The molecule has 0 radical (unpaired) electrons. The van der Waals surface area contributed by atoms with Crippen LogP contribution < -0.4 is 0 Å². The largest absolute Gasteiger partial charge is 0.434 e. The molecule has 3 rings (SSSR count). The first kappa shape index (κ1) is 15.5. The number of hydrogen-bond acceptors (Lipinski definition) is 5. The van der Waals surface area contributed by atoms with Gasteiger partial charge in [0.1, 0.15) is 11.9 Å². The Kier molecular flexibility index (Phi) is 3.62. The first-order valence-electron chi connectivity index (χ1n) is 6.09. The summed E-state index contributed by atoms with van der Waals surface area (Å²) in [4.78, 5) is 35.0. The Morgan fingerprint density at radius 1 is 1.43 bits per heavy atom. The van der Waals surface area contributed by atoms with E-state index in [4.69, 9.17) is 5.26 Å². The van der Waals surface area contributed by atoms with E-state index in [1.807, 2.05) is 0 Å². The summed E-state index contributed by atoms with van der Waals surface area (Å²) >= 11 is 0.926. The van der Waals surface area contributed by atoms with Crippen LogP contribution in [0.5, 0.6) is 0 Å². The van der Waals surface area contributed by atoms with Crippen LogP contribution in [-0.2, 0) is 4.57 Å². The van der Waals surface area contributed by atoms with Crippen molar-refractivity contribution in [2.75, 3.05) is 0 Å². The molecule has 2 N–H and O–H groups in total. The first-order chi connectivity index (χ1) is 10.8. The second kappa shape index (κ2) is 5.37. The fraction of sp³-hybridized carbons (Fsp3) is 0. The molecule has 10 heteroatoms. The first-order valence-corrected chi connectivity index (χ1v) is 8.53. The van der Waals surface area contributed by atoms with Crippen molar-refractivity contribution in [3.8, 4) is 6.07 Å². The van der Waals surface area contributed by atoms with Gasteiger partial charge in [0.25, 0.3) is 0 Å². The molecule has 0 fully saturated rings. The van der Waals surface area contributed by atoms with E-state index in [1.165, 1.54) is 17.5 Å². The lowest BCUT2D eigenvalue weighted by atomic mass is 10.1. The molecule has 0 saturated carbocycles. The topological polar surface area (TPSA) is 116 Å². The third kappa shape index (κ3) is 2.58. The Morgan fingerprint density at radius 2 is 2.17 bits per heavy atom. The summed E-state index contributed by atoms with van der Waals surface area (Å²) in [7, 11) is -4.85. The predicted octanol–water partition coefficient (Wildman–Crippen LogP) is 2.28. The van der Waals surface area contributed by atoms with Crippen molar-refractivity contribution in [2.24, 2.45) is 0 Å². The average Bonchev–Trinajstić information content (AvgIpc) is 3.11. The number of rotatable bonds is 3. The van der Waals surface area contributed by atoms with Crippen molar-refractivity contribution in [1.29, 1.82) is 5.26 Å². The van der Waals surface area contributed by atoms with Crippen molar-refractivity contribution in [1.82, 2.24) is 9.32 Å². The van der Waals surface area contributed by atoms with Gasteiger partial charge in [-0.2, -0.15) is 5.26 Å². The van der Waals surface area contributed by atoms with Crippen molar-refractivity contribution in [3.63, 3.8) is 0 Å². The van der Waals surface area contributed by atoms with Gasteiger partial charge in [0, 0.05) is 17.0 Å². The number of carbonyl (C=O) groups excluding carboxylic acids is 1. The molecule has 0 aliphatic heterocycles. The lowest BCUT2D eigenvalue weighted by Gasteiger charge is -2.06. The number of para-hydroxylation sites is 1. The fourth-order valence-corrected chi connectivity index (χ4v) is 3.58. The summed E-state index contributed by atoms with van der Waals surface area (Å²) in [5, 5.41) is 10.2. The number of halogens is 1. The monoisotopic (exact) mass is 351 g/mol. The van der Waals surface area contributed by atoms with Crippen LogP contribution in [0, 0.1) is 17.1 Å². The van der Waals surface area contributed by atoms with Gasteiger partial charge in [-0.1, -0.05) is 12.1 Å². The lowest BCUT2D eigenvalue weighted by molar-refractivity contribution is 0.104. The van der Waals surface area contributed by atoms with E-state index in [2.05, 4.69) is 4.98 Å². The number of aromatic nitrogens is 2. The molecule has 23 heavy (non-hydrogen) atoms. The number of benzene rings is 1. The maximum atomic E-state index is 14.0. The average molecular weight is 351 g/mol. The number of hydrogen-bond donors (Lipinski definition) is 2. The second-order valence-corrected chi connectivity index (χ2v) is 6.83. The summed E-state index contributed by atoms with van der Waals surface area (Å²) in [5.74, 6) is -1.50. The van der Waals surface area contributed by atoms with Crippen molar-refractivity contribution < 1.29 is 23.5 Å². The van der Waals surface area contributed by atoms with Gasteiger partial charge < -0.3 is 9.79 Å². The Morgan fingerprint density at radius 3 is 2.78 bits per heavy atom. The van der Waals surface area contributed by atoms with Gasteiger partial charge in [0.2, 0.25) is 5.78 Å². The molecule has 0 amide bonds. The molecule has 0 saturated heterocycles. The Labute approximate surface area is 132 Å². The third-order valence-corrected chi connectivity index (χ3v) is 4.81. The Balaban J connectivity index is 2.27. The van der Waals surface area contributed by atoms with Crippen LogP contribution >= 0.6 is 19.1 Å². The standard InChI is InChI=1S/C13H7FN3O4PS/c14-10-3-1-2-8-9(5-17(11(8)10)22(19,20)21)12(18)13-16-7(4-15)6-23-13/h1-3,5-6H,(H2,19,20,21). The number of carbonyl (C=O) groups is 1. The smallest absolute Gasteiger partial charge is 0.308 e. The number of nitrogens with zero attached hydrogens (tertiary/aromatic N) is 3. The quantitative estimate of drug-likeness (QED) is 0.552. The van der Waals surface area contributed by atoms with Crippen LogP contribution in [0.15, 0.2) is 29.8 Å². The summed E-state index contributed by atoms with van der Waals surface area (Å²) < 4.78 is 26.0. The third-order valence-electron chi connectivity index (χ3n) is 3.10. The van der Waals surface area contributed by atoms with Gasteiger partial charge in [0.15, 0.2) is 10.7 Å². The molecule has 0 unspecified atom stereocenters. The fourth-order valence-electron chi connectivity index (χ4n) is 2.15. The minimum absolute atomic E-state index is 0.0180. The van der Waals surface area contributed by atoms with Crippen LogP contribution in [0.3, 0.4) is 0 Å². The minimum Gasteiger partial charge on any atom is -0.308 e. The molecule has 0 atom stereocenters. The van der Waals surface area contributed by atoms with Gasteiger partial charge >= 0.3 is 7.75 Å². The normalized spacial score (nSPS) is 11.6. The molecular formula is C13H7FN3O4PS. The van der Waals surface area contributed by atoms with E-state index in [0.29, 0.717) is 4.34 Å². The molecule has 1 aromatic carbocycles. The van der Waals surface area contributed by atoms with Gasteiger partial charge in [-0.3, -0.25) is 9.13 Å². The lowest BCUT2D eigenvalue weighted by Crippen LogP contribution is -2.00. The van der Waals surface area contributed by atoms with Gasteiger partial charge in [-0.05, 0) is 6.07 Å². The Hall–Kier alpha value is -2.37. The molecule has 0 aliphatic carbocycles. The van der Waals surface area contributed by atoms with E-state index in [1.54, 1.807) is 6.07 Å². The highest BCUT2D eigenvalue weighted by molar-refractivity contribution is 7.50. The molecular weight excluding hydrogens is 344 g/mol. The van der Waals surface area contributed by atoms with E-state index in [0.717, 1.165) is 23.6 Å². The zero-order valence-corrected chi connectivity index (χ0v) is 12.9. The molecule has 7 nitrogen and oxygen atoms in total. The maximum Gasteiger partial charge on any atom is 0.434 e. The van der Waals surface area contributed by atoms with E-state index in [9.17, 15) is 23.5 Å². The van der Waals surface area contributed by atoms with Crippen molar-refractivity contribution >= 4 is 35.8 Å². The van der Waals surface area contributed by atoms with Crippen LogP contribution in [0.2, 0.25) is 0 Å². The highest BCUT2D eigenvalue weighted by atomic mass is 32.1. The van der Waals surface area contributed by atoms with Crippen LogP contribution in [-0.4, -0.2) is 24.9 Å². The van der Waals surface area contributed by atoms with Crippen molar-refractivity contribution in [3.05, 3.63) is 51.9 Å². The van der Waals surface area contributed by atoms with Crippen LogP contribution in [0.4, 0.5) is 4.39 Å². The summed E-state index contributed by atoms with van der Waals surface area (Å²) in [6, 6.07) is 5.55. The highest BCUT2D eigenvalue weighted by Gasteiger charge is 2.27. The number of nitriles is 1. The van der Waals surface area contributed by atoms with Gasteiger partial charge in [0.05, 0.1) is 11.1 Å². The molecule has 2 aromatic heterocycles. The summed E-state index contributed by atoms with van der Waals surface area (Å²) in [6.07, 6.45) is 0.907. The summed E-state index contributed by atoms with van der Waals surface area (Å²) in [5.41, 5.74) is -0.397. The molecule has 0 aliphatic rings. The zero-order chi connectivity index (χ0) is 16.8. The molecule has 116 valence electrons. The highest BCUT2D eigenvalue weighted by Crippen LogP contribution is 2.43. The van der Waals surface area contributed by atoms with E-state index in [-0.39, 0.29) is 27.2 Å². The van der Waals surface area contributed by atoms with E-state index >= 15 is 0 Å². The number of thiazole rings is 1. The number of ketones is 1. The maximum absolute atomic E-state index is 14.0. The zero-order valence-electron chi connectivity index (χ0n) is 11.2. The molecule has 3 aromatic rings. The van der Waals surface area contributed by atoms with Crippen LogP contribution in [0.1, 0.15) is 21.1 Å². The molecule has 0 spiro atoms. The predicted molar refractivity (Wildman–Crippen MR) is 79.6 cm³/mol. The van der Waals surface area contributed by atoms with Crippen LogP contribution in [0.25, 0.3) is 10.9 Å². The summed E-state index contributed by atoms with van der Waals surface area (Å²) in [6.45, 7) is 0. The van der Waals surface area contributed by atoms with Crippen molar-refractivity contribution in [2.45, 2.75) is 0 Å². The number of fused-ring (bicyclic) bond motifs is 1.